The molecule has 0 bridgehead atoms. The predicted octanol–water partition coefficient (Wildman–Crippen LogP) is -3.74. The molecule has 17 atom stereocenters. The Hall–Kier alpha value is 1.09. The van der Waals surface area contributed by atoms with Crippen molar-refractivity contribution in [2.24, 2.45) is 0 Å². The van der Waals surface area contributed by atoms with Gasteiger partial charge in [0.05, 0.1) is 0 Å². The van der Waals surface area contributed by atoms with Crippen LogP contribution in [-0.4, -0.2) is 161 Å². The molecule has 4 heterocycles. The van der Waals surface area contributed by atoms with Crippen molar-refractivity contribution in [3.8, 4) is 0 Å². The molecule has 0 saturated carbocycles. The zero-order chi connectivity index (χ0) is 32.6. The quantitative estimate of drug-likeness (QED) is 0.0611. The molecule has 11 N–H and O–H groups in total. The minimum atomic E-state index is -1.59. The first kappa shape index (κ1) is 43.1. The third-order valence-corrected chi connectivity index (χ3v) is 10.9. The summed E-state index contributed by atoms with van der Waals surface area (Å²) in [6.45, 7) is 1.36. The van der Waals surface area contributed by atoms with E-state index in [9.17, 15) is 9.90 Å². The van der Waals surface area contributed by atoms with Crippen LogP contribution in [0.15, 0.2) is 0 Å². The summed E-state index contributed by atoms with van der Waals surface area (Å²) in [6, 6.07) is 0. The van der Waals surface area contributed by atoms with Crippen LogP contribution in [0.3, 0.4) is 0 Å². The molecular formula is C20H38O18S6. The van der Waals surface area contributed by atoms with Crippen LogP contribution in [0.4, 0.5) is 0 Å². The molecule has 4 saturated heterocycles. The Bertz CT molecular complexity index is 765. The van der Waals surface area contributed by atoms with Gasteiger partial charge < -0.3 is 84.6 Å². The average molecular weight is 759 g/mol. The van der Waals surface area contributed by atoms with E-state index in [0.717, 1.165) is 47.0 Å². The number of aliphatic hydroxyl groups excluding tert-OH is 11. The van der Waals surface area contributed by atoms with E-state index in [1.165, 1.54) is 6.92 Å². The lowest BCUT2D eigenvalue weighted by Gasteiger charge is -2.22. The van der Waals surface area contributed by atoms with Gasteiger partial charge in [-0.05, 0) is 6.92 Å². The molecule has 18 nitrogen and oxygen atoms in total. The van der Waals surface area contributed by atoms with Gasteiger partial charge in [0.2, 0.25) is 6.29 Å². The smallest absolute Gasteiger partial charge is 0.213 e. The molecule has 0 spiro atoms. The van der Waals surface area contributed by atoms with Crippen molar-refractivity contribution in [2.75, 3.05) is 0 Å². The summed E-state index contributed by atoms with van der Waals surface area (Å²) in [5.41, 5.74) is -8.54. The van der Waals surface area contributed by atoms with E-state index in [4.69, 9.17) is 74.7 Å². The van der Waals surface area contributed by atoms with Crippen molar-refractivity contribution in [2.45, 2.75) is 113 Å². The summed E-state index contributed by atoms with van der Waals surface area (Å²) < 4.78 is 29.2. The fourth-order valence-corrected chi connectivity index (χ4v) is 7.43. The molecule has 4 aliphatic rings. The SMILES string of the molecule is C.CC(O)C(O)OC(S)C1OC(O)C(O)S1.O=CC(O)OC(S)C1OC(O)C(O)S1.OC1OC(C2OC(O)C(O)S2)SC1O. The minimum absolute atomic E-state index is 0. The molecule has 44 heavy (non-hydrogen) atoms. The van der Waals surface area contributed by atoms with Gasteiger partial charge >= 0.3 is 0 Å². The van der Waals surface area contributed by atoms with Crippen LogP contribution in [0, 0.1) is 0 Å². The number of hydrogen-bond donors (Lipinski definition) is 13. The van der Waals surface area contributed by atoms with Gasteiger partial charge in [0, 0.05) is 0 Å². The van der Waals surface area contributed by atoms with Crippen molar-refractivity contribution < 1.29 is 89.4 Å². The fourth-order valence-electron chi connectivity index (χ4n) is 2.85. The Morgan fingerprint density at radius 1 is 0.636 bits per heavy atom. The van der Waals surface area contributed by atoms with Crippen LogP contribution >= 0.6 is 72.3 Å². The summed E-state index contributed by atoms with van der Waals surface area (Å²) in [4.78, 5) is 10.0. The maximum atomic E-state index is 10.0. The summed E-state index contributed by atoms with van der Waals surface area (Å²) in [5.74, 6) is 0. The predicted molar refractivity (Wildman–Crippen MR) is 162 cm³/mol. The molecule has 24 heteroatoms. The molecule has 17 unspecified atom stereocenters. The molecule has 0 amide bonds. The molecule has 0 aromatic carbocycles. The van der Waals surface area contributed by atoms with E-state index in [1.54, 1.807) is 0 Å². The molecule has 0 aromatic heterocycles. The fraction of sp³-hybridized carbons (Fsp3) is 0.950. The van der Waals surface area contributed by atoms with Gasteiger partial charge in [-0.1, -0.05) is 54.5 Å². The van der Waals surface area contributed by atoms with E-state index in [0.29, 0.717) is 0 Å². The highest BCUT2D eigenvalue weighted by Gasteiger charge is 2.45. The Balaban J connectivity index is 0.000000326. The van der Waals surface area contributed by atoms with Crippen molar-refractivity contribution in [3.05, 3.63) is 0 Å². The van der Waals surface area contributed by atoms with E-state index in [1.807, 2.05) is 0 Å². The molecule has 4 fully saturated rings. The van der Waals surface area contributed by atoms with Gasteiger partial charge in [0.15, 0.2) is 59.5 Å². The van der Waals surface area contributed by atoms with Crippen molar-refractivity contribution in [3.63, 3.8) is 0 Å². The third kappa shape index (κ3) is 13.5. The first-order valence-corrected chi connectivity index (χ1v) is 16.7. The molecule has 0 aliphatic carbocycles. The average Bonchev–Trinajstić information content (AvgIpc) is 3.67. The monoisotopic (exact) mass is 758 g/mol. The second-order valence-electron chi connectivity index (χ2n) is 8.40. The lowest BCUT2D eigenvalue weighted by molar-refractivity contribution is -0.193. The van der Waals surface area contributed by atoms with E-state index in [2.05, 4.69) is 30.0 Å². The van der Waals surface area contributed by atoms with Crippen molar-refractivity contribution >= 4 is 78.6 Å². The van der Waals surface area contributed by atoms with Gasteiger partial charge in [-0.2, -0.15) is 0 Å². The zero-order valence-electron chi connectivity index (χ0n) is 21.7. The van der Waals surface area contributed by atoms with Crippen LogP contribution in [-0.2, 0) is 33.2 Å². The Labute approximate surface area is 279 Å². The molecule has 262 valence electrons. The van der Waals surface area contributed by atoms with Crippen LogP contribution in [0.1, 0.15) is 14.4 Å². The number of carbonyl (C=O) groups is 1. The molecule has 4 aliphatic heterocycles. The lowest BCUT2D eigenvalue weighted by atomic mass is 10.4. The normalized spacial score (nSPS) is 41.7. The molecule has 0 radical (unpaired) electrons. The van der Waals surface area contributed by atoms with Crippen LogP contribution in [0.5, 0.6) is 0 Å². The number of thioether (sulfide) groups is 4. The number of rotatable bonds is 9. The van der Waals surface area contributed by atoms with Gasteiger partial charge in [0.25, 0.3) is 0 Å². The van der Waals surface area contributed by atoms with Crippen molar-refractivity contribution in [1.82, 2.24) is 0 Å². The van der Waals surface area contributed by atoms with Gasteiger partial charge in [-0.15, -0.1) is 25.3 Å². The summed E-state index contributed by atoms with van der Waals surface area (Å²) >= 11 is 11.7. The summed E-state index contributed by atoms with van der Waals surface area (Å²) in [5, 5.41) is 99.7. The first-order chi connectivity index (χ1) is 20.0. The van der Waals surface area contributed by atoms with Gasteiger partial charge in [-0.3, -0.25) is 4.79 Å². The Morgan fingerprint density at radius 3 is 1.25 bits per heavy atom. The highest BCUT2D eigenvalue weighted by atomic mass is 32.2. The summed E-state index contributed by atoms with van der Waals surface area (Å²) in [6.07, 6.45) is -8.92. The van der Waals surface area contributed by atoms with Crippen LogP contribution in [0.25, 0.3) is 0 Å². The Morgan fingerprint density at radius 2 is 0.977 bits per heavy atom. The van der Waals surface area contributed by atoms with E-state index in [-0.39, 0.29) is 13.7 Å². The van der Waals surface area contributed by atoms with E-state index >= 15 is 0 Å². The second kappa shape index (κ2) is 20.6. The van der Waals surface area contributed by atoms with Crippen molar-refractivity contribution in [1.29, 1.82) is 0 Å². The minimum Gasteiger partial charge on any atom is -0.388 e. The number of ether oxygens (including phenoxy) is 6. The van der Waals surface area contributed by atoms with Crippen LogP contribution in [0.2, 0.25) is 0 Å². The Kier molecular flexibility index (Phi) is 20.2. The highest BCUT2D eigenvalue weighted by molar-refractivity contribution is 8.04. The maximum Gasteiger partial charge on any atom is 0.213 e. The number of thiol groups is 2. The number of aldehydes is 1. The maximum absolute atomic E-state index is 10.0. The van der Waals surface area contributed by atoms with Gasteiger partial charge in [0.1, 0.15) is 38.7 Å². The molecule has 0 aromatic rings. The van der Waals surface area contributed by atoms with E-state index < -0.39 is 98.2 Å². The topological polar surface area (TPSA) is 295 Å². The lowest BCUT2D eigenvalue weighted by Crippen LogP contribution is -2.33. The second-order valence-corrected chi connectivity index (χ2v) is 14.3. The van der Waals surface area contributed by atoms with Crippen LogP contribution < -0.4 is 0 Å². The molecule has 4 rings (SSSR count). The first-order valence-electron chi connectivity index (χ1n) is 11.9. The standard InChI is InChI=1S/C7H14O6S2.2C6H10O6S2.CH4/c1-2(8)3(9)12-6(14)7-13-4(10)5(11)15-7;7-1-3(9)13-5(11-1)6-12-2(8)4(10)14-6;7-1-2(8)11-5(13)6-12-3(9)4(10)14-6;/h2-11,14H,1H3;1-10H;1-6,8-10,13H;1H4. The van der Waals surface area contributed by atoms with Gasteiger partial charge in [-0.25, -0.2) is 0 Å². The largest absolute Gasteiger partial charge is 0.388 e. The zero-order valence-corrected chi connectivity index (χ0v) is 26.8. The number of aliphatic hydroxyl groups is 11. The highest BCUT2D eigenvalue weighted by Crippen LogP contribution is 2.42. The number of hydrogen-bond acceptors (Lipinski definition) is 24. The molecular weight excluding hydrogens is 721 g/mol. The number of carbonyl (C=O) groups excluding carboxylic acids is 1. The summed E-state index contributed by atoms with van der Waals surface area (Å²) in [7, 11) is 0. The third-order valence-electron chi connectivity index (χ3n) is 4.94.